The summed E-state index contributed by atoms with van der Waals surface area (Å²) in [5.74, 6) is 0.535. The SMILES string of the molecule is O=C(c1ccc(Cl)cc1)N1CCn2c(nc3c(cnn3C3CCCC3)c2=O)C1. The highest BCUT2D eigenvalue weighted by molar-refractivity contribution is 6.30. The van der Waals surface area contributed by atoms with Gasteiger partial charge in [0.05, 0.1) is 18.8 Å². The van der Waals surface area contributed by atoms with Crippen molar-refractivity contribution in [3.05, 3.63) is 57.2 Å². The van der Waals surface area contributed by atoms with E-state index in [1.54, 1.807) is 39.9 Å². The predicted octanol–water partition coefficient (Wildman–Crippen LogP) is 3.02. The third-order valence-corrected chi connectivity index (χ3v) is 6.02. The summed E-state index contributed by atoms with van der Waals surface area (Å²) >= 11 is 5.92. The molecule has 0 spiro atoms. The topological polar surface area (TPSA) is 73.0 Å². The van der Waals surface area contributed by atoms with Gasteiger partial charge in [-0.15, -0.1) is 0 Å². The van der Waals surface area contributed by atoms with Crippen LogP contribution in [0.25, 0.3) is 11.0 Å². The summed E-state index contributed by atoms with van der Waals surface area (Å²) in [5, 5.41) is 5.62. The molecule has 3 aromatic rings. The van der Waals surface area contributed by atoms with Crippen LogP contribution in [0.4, 0.5) is 0 Å². The van der Waals surface area contributed by atoms with Gasteiger partial charge >= 0.3 is 0 Å². The molecule has 1 fully saturated rings. The van der Waals surface area contributed by atoms with Crippen molar-refractivity contribution in [2.75, 3.05) is 6.54 Å². The van der Waals surface area contributed by atoms with Crippen molar-refractivity contribution in [3.8, 4) is 0 Å². The molecule has 0 bridgehead atoms. The van der Waals surface area contributed by atoms with Crippen LogP contribution in [0, 0.1) is 0 Å². The maximum absolute atomic E-state index is 12.9. The maximum atomic E-state index is 12.9. The Hall–Kier alpha value is -2.67. The Kier molecular flexibility index (Phi) is 4.19. The molecule has 3 heterocycles. The summed E-state index contributed by atoms with van der Waals surface area (Å²) < 4.78 is 3.58. The normalized spacial score (nSPS) is 17.2. The lowest BCUT2D eigenvalue weighted by molar-refractivity contribution is 0.0704. The number of aromatic nitrogens is 4. The molecule has 28 heavy (non-hydrogen) atoms. The Morgan fingerprint density at radius 1 is 1.11 bits per heavy atom. The van der Waals surface area contributed by atoms with Gasteiger partial charge in [0.2, 0.25) is 0 Å². The first kappa shape index (κ1) is 17.4. The molecule has 0 saturated heterocycles. The van der Waals surface area contributed by atoms with E-state index in [4.69, 9.17) is 16.6 Å². The fourth-order valence-corrected chi connectivity index (χ4v) is 4.38. The van der Waals surface area contributed by atoms with Crippen molar-refractivity contribution in [2.24, 2.45) is 0 Å². The number of hydrogen-bond donors (Lipinski definition) is 0. The van der Waals surface area contributed by atoms with Crippen molar-refractivity contribution in [1.82, 2.24) is 24.2 Å². The van der Waals surface area contributed by atoms with Crippen LogP contribution in [0.3, 0.4) is 0 Å². The molecule has 1 aliphatic carbocycles. The molecule has 144 valence electrons. The molecule has 7 nitrogen and oxygen atoms in total. The molecular formula is C20H20ClN5O2. The van der Waals surface area contributed by atoms with E-state index in [9.17, 15) is 9.59 Å². The first-order chi connectivity index (χ1) is 13.6. The van der Waals surface area contributed by atoms with Gasteiger partial charge < -0.3 is 4.90 Å². The minimum Gasteiger partial charge on any atom is -0.329 e. The third-order valence-electron chi connectivity index (χ3n) is 5.77. The standard InChI is InChI=1S/C20H20ClN5O2/c21-14-7-5-13(6-8-14)19(27)24-9-10-25-17(12-24)23-18-16(20(25)28)11-22-26(18)15-3-1-2-4-15/h5-8,11,15H,1-4,9-10,12H2. The monoisotopic (exact) mass is 397 g/mol. The van der Waals surface area contributed by atoms with Gasteiger partial charge in [-0.3, -0.25) is 14.2 Å². The summed E-state index contributed by atoms with van der Waals surface area (Å²) in [4.78, 5) is 32.3. The lowest BCUT2D eigenvalue weighted by Gasteiger charge is -2.29. The van der Waals surface area contributed by atoms with E-state index < -0.39 is 0 Å². The van der Waals surface area contributed by atoms with Crippen molar-refractivity contribution in [3.63, 3.8) is 0 Å². The molecule has 0 N–H and O–H groups in total. The number of carbonyl (C=O) groups is 1. The zero-order chi connectivity index (χ0) is 19.3. The second-order valence-electron chi connectivity index (χ2n) is 7.48. The second kappa shape index (κ2) is 6.74. The van der Waals surface area contributed by atoms with Crippen LogP contribution in [0.2, 0.25) is 5.02 Å². The molecule has 0 radical (unpaired) electrons. The van der Waals surface area contributed by atoms with Crippen molar-refractivity contribution < 1.29 is 4.79 Å². The summed E-state index contributed by atoms with van der Waals surface area (Å²) in [6.45, 7) is 1.21. The van der Waals surface area contributed by atoms with Gasteiger partial charge in [0.1, 0.15) is 11.2 Å². The van der Waals surface area contributed by atoms with Crippen LogP contribution in [0.15, 0.2) is 35.3 Å². The van der Waals surface area contributed by atoms with E-state index in [2.05, 4.69) is 5.10 Å². The summed E-state index contributed by atoms with van der Waals surface area (Å²) in [6, 6.07) is 7.16. The largest absolute Gasteiger partial charge is 0.329 e. The second-order valence-corrected chi connectivity index (χ2v) is 7.92. The average Bonchev–Trinajstić information content (AvgIpc) is 3.37. The highest BCUT2D eigenvalue weighted by atomic mass is 35.5. The minimum atomic E-state index is -0.0819. The van der Waals surface area contributed by atoms with Crippen LogP contribution in [0.1, 0.15) is 47.9 Å². The van der Waals surface area contributed by atoms with E-state index in [-0.39, 0.29) is 11.5 Å². The third kappa shape index (κ3) is 2.81. The Bertz CT molecular complexity index is 1110. The molecule has 0 unspecified atom stereocenters. The molecule has 1 amide bonds. The number of rotatable bonds is 2. The first-order valence-electron chi connectivity index (χ1n) is 9.63. The number of carbonyl (C=O) groups excluding carboxylic acids is 1. The predicted molar refractivity (Wildman–Crippen MR) is 105 cm³/mol. The van der Waals surface area contributed by atoms with Gasteiger partial charge in [-0.2, -0.15) is 5.10 Å². The van der Waals surface area contributed by atoms with Crippen molar-refractivity contribution in [2.45, 2.75) is 44.8 Å². The molecule has 8 heteroatoms. The van der Waals surface area contributed by atoms with Crippen LogP contribution < -0.4 is 5.56 Å². The Labute approximate surface area is 166 Å². The van der Waals surface area contributed by atoms with E-state index in [0.717, 1.165) is 12.8 Å². The van der Waals surface area contributed by atoms with Gasteiger partial charge in [-0.25, -0.2) is 9.67 Å². The number of amides is 1. The van der Waals surface area contributed by atoms with Crippen molar-refractivity contribution >= 4 is 28.5 Å². The number of fused-ring (bicyclic) bond motifs is 2. The molecule has 2 aromatic heterocycles. The molecule has 1 aromatic carbocycles. The summed E-state index contributed by atoms with van der Waals surface area (Å²) in [5.41, 5.74) is 1.16. The van der Waals surface area contributed by atoms with E-state index in [0.29, 0.717) is 53.1 Å². The fourth-order valence-electron chi connectivity index (χ4n) is 4.25. The van der Waals surface area contributed by atoms with Gasteiger partial charge in [0.25, 0.3) is 11.5 Å². The summed E-state index contributed by atoms with van der Waals surface area (Å²) in [6.07, 6.45) is 6.14. The first-order valence-corrected chi connectivity index (χ1v) is 10.0. The summed E-state index contributed by atoms with van der Waals surface area (Å²) in [7, 11) is 0. The highest BCUT2D eigenvalue weighted by Crippen LogP contribution is 2.30. The van der Waals surface area contributed by atoms with Gasteiger partial charge in [0, 0.05) is 23.7 Å². The number of hydrogen-bond acceptors (Lipinski definition) is 4. The van der Waals surface area contributed by atoms with Crippen molar-refractivity contribution in [1.29, 1.82) is 0 Å². The zero-order valence-corrected chi connectivity index (χ0v) is 16.1. The van der Waals surface area contributed by atoms with E-state index in [1.165, 1.54) is 12.8 Å². The number of benzene rings is 1. The van der Waals surface area contributed by atoms with Crippen LogP contribution in [-0.4, -0.2) is 36.7 Å². The number of halogens is 1. The maximum Gasteiger partial charge on any atom is 0.264 e. The van der Waals surface area contributed by atoms with Gasteiger partial charge in [0.15, 0.2) is 5.65 Å². The number of nitrogens with zero attached hydrogens (tertiary/aromatic N) is 5. The molecule has 1 aliphatic heterocycles. The molecule has 2 aliphatic rings. The molecule has 1 saturated carbocycles. The molecular weight excluding hydrogens is 378 g/mol. The van der Waals surface area contributed by atoms with Crippen LogP contribution in [-0.2, 0) is 13.1 Å². The fraction of sp³-hybridized carbons (Fsp3) is 0.400. The van der Waals surface area contributed by atoms with E-state index in [1.807, 2.05) is 4.68 Å². The Balaban J connectivity index is 1.50. The molecule has 0 atom stereocenters. The van der Waals surface area contributed by atoms with Crippen LogP contribution in [0.5, 0.6) is 0 Å². The zero-order valence-electron chi connectivity index (χ0n) is 15.3. The quantitative estimate of drug-likeness (QED) is 0.666. The smallest absolute Gasteiger partial charge is 0.264 e. The lowest BCUT2D eigenvalue weighted by atomic mass is 10.2. The molecule has 5 rings (SSSR count). The van der Waals surface area contributed by atoms with E-state index >= 15 is 0 Å². The minimum absolute atomic E-state index is 0.0668. The van der Waals surface area contributed by atoms with Gasteiger partial charge in [-0.05, 0) is 37.1 Å². The Morgan fingerprint density at radius 2 is 1.86 bits per heavy atom. The Morgan fingerprint density at radius 3 is 2.61 bits per heavy atom. The highest BCUT2D eigenvalue weighted by Gasteiger charge is 2.27. The lowest BCUT2D eigenvalue weighted by Crippen LogP contribution is -2.43. The average molecular weight is 398 g/mol. The van der Waals surface area contributed by atoms with Gasteiger partial charge in [-0.1, -0.05) is 24.4 Å². The van der Waals surface area contributed by atoms with Crippen LogP contribution >= 0.6 is 11.6 Å².